The highest BCUT2D eigenvalue weighted by molar-refractivity contribution is 7.80. The topological polar surface area (TPSA) is 54.2 Å². The molecule has 0 saturated carbocycles. The van der Waals surface area contributed by atoms with Crippen LogP contribution in [0.15, 0.2) is 58.8 Å². The van der Waals surface area contributed by atoms with Crippen molar-refractivity contribution in [2.75, 3.05) is 6.54 Å². The number of benzene rings is 2. The van der Waals surface area contributed by atoms with Gasteiger partial charge < -0.3 is 14.7 Å². The summed E-state index contributed by atoms with van der Waals surface area (Å²) in [7, 11) is 0. The summed E-state index contributed by atoms with van der Waals surface area (Å²) in [6.07, 6.45) is 1.01. The molecule has 3 aromatic rings. The second kappa shape index (κ2) is 9.61. The van der Waals surface area contributed by atoms with Crippen LogP contribution in [0.25, 0.3) is 17.0 Å². The lowest BCUT2D eigenvalue weighted by atomic mass is 9.94. The van der Waals surface area contributed by atoms with Gasteiger partial charge in [-0.1, -0.05) is 54.3 Å². The summed E-state index contributed by atoms with van der Waals surface area (Å²) in [5, 5.41) is 9.71. The highest BCUT2D eigenvalue weighted by atomic mass is 35.5. The fourth-order valence-corrected chi connectivity index (χ4v) is 4.27. The third-order valence-electron chi connectivity index (χ3n) is 5.49. The molecule has 5 nitrogen and oxygen atoms in total. The predicted octanol–water partition coefficient (Wildman–Crippen LogP) is 6.75. The standard InChI is InChI=1S/C24H24Cl2N4OS/c1-14(2)12-13-30-15(3)20(21(27-24(30)32)16-4-8-18(25)9-5-16)23-28-22(29-31-23)17-6-10-19(26)11-7-17/h4-11,14,21H,12-13H2,1-3H3,(H,27,32). The number of halogens is 2. The Balaban J connectivity index is 1.78. The first-order valence-corrected chi connectivity index (χ1v) is 11.6. The van der Waals surface area contributed by atoms with Crippen molar-refractivity contribution in [1.82, 2.24) is 20.4 Å². The molecule has 1 N–H and O–H groups in total. The molecule has 0 spiro atoms. The van der Waals surface area contributed by atoms with Crippen LogP contribution < -0.4 is 5.32 Å². The minimum Gasteiger partial charge on any atom is -0.351 e. The molecule has 1 unspecified atom stereocenters. The molecular weight excluding hydrogens is 463 g/mol. The Morgan fingerprint density at radius 1 is 1.06 bits per heavy atom. The fourth-order valence-electron chi connectivity index (χ4n) is 3.67. The second-order valence-electron chi connectivity index (χ2n) is 8.20. The van der Waals surface area contributed by atoms with Gasteiger partial charge in [-0.2, -0.15) is 4.98 Å². The van der Waals surface area contributed by atoms with Crippen molar-refractivity contribution in [3.8, 4) is 11.4 Å². The van der Waals surface area contributed by atoms with E-state index in [1.165, 1.54) is 0 Å². The van der Waals surface area contributed by atoms with Gasteiger partial charge in [-0.3, -0.25) is 0 Å². The van der Waals surface area contributed by atoms with Crippen LogP contribution in [0.4, 0.5) is 0 Å². The molecule has 166 valence electrons. The molecule has 0 amide bonds. The average Bonchev–Trinajstić information content (AvgIpc) is 3.23. The molecule has 0 radical (unpaired) electrons. The normalized spacial score (nSPS) is 16.6. The van der Waals surface area contributed by atoms with Crippen LogP contribution in [0, 0.1) is 5.92 Å². The number of nitrogens with zero attached hydrogens (tertiary/aromatic N) is 3. The Morgan fingerprint density at radius 2 is 1.69 bits per heavy atom. The lowest BCUT2D eigenvalue weighted by Crippen LogP contribution is -2.46. The monoisotopic (exact) mass is 486 g/mol. The van der Waals surface area contributed by atoms with Crippen LogP contribution in [-0.4, -0.2) is 26.7 Å². The molecule has 4 rings (SSSR count). The van der Waals surface area contributed by atoms with Crippen LogP contribution in [0.1, 0.15) is 44.7 Å². The molecule has 2 aromatic carbocycles. The van der Waals surface area contributed by atoms with E-state index in [9.17, 15) is 0 Å². The molecule has 1 aromatic heterocycles. The van der Waals surface area contributed by atoms with E-state index in [0.717, 1.165) is 35.4 Å². The van der Waals surface area contributed by atoms with Crippen LogP contribution in [0.5, 0.6) is 0 Å². The molecule has 1 aliphatic heterocycles. The summed E-state index contributed by atoms with van der Waals surface area (Å²) in [6, 6.07) is 14.8. The highest BCUT2D eigenvalue weighted by Gasteiger charge is 2.34. The Labute approximate surface area is 203 Å². The zero-order valence-corrected chi connectivity index (χ0v) is 20.4. The minimum atomic E-state index is -0.228. The van der Waals surface area contributed by atoms with Gasteiger partial charge in [0.15, 0.2) is 5.11 Å². The fraction of sp³-hybridized carbons (Fsp3) is 0.292. The largest absolute Gasteiger partial charge is 0.351 e. The van der Waals surface area contributed by atoms with Crippen molar-refractivity contribution in [3.63, 3.8) is 0 Å². The highest BCUT2D eigenvalue weighted by Crippen LogP contribution is 2.38. The van der Waals surface area contributed by atoms with Gasteiger partial charge in [-0.15, -0.1) is 0 Å². The van der Waals surface area contributed by atoms with E-state index >= 15 is 0 Å². The third kappa shape index (κ3) is 4.82. The molecule has 1 atom stereocenters. The predicted molar refractivity (Wildman–Crippen MR) is 133 cm³/mol. The molecule has 2 heterocycles. The number of hydrogen-bond donors (Lipinski definition) is 1. The maximum absolute atomic E-state index is 6.12. The van der Waals surface area contributed by atoms with Crippen LogP contribution in [-0.2, 0) is 0 Å². The number of hydrogen-bond acceptors (Lipinski definition) is 4. The summed E-state index contributed by atoms with van der Waals surface area (Å²) in [5.41, 5.74) is 3.75. The van der Waals surface area contributed by atoms with Crippen molar-refractivity contribution in [1.29, 1.82) is 0 Å². The van der Waals surface area contributed by atoms with Crippen molar-refractivity contribution in [2.24, 2.45) is 5.92 Å². The number of thiocarbonyl (C=S) groups is 1. The Kier molecular flexibility index (Phi) is 6.84. The van der Waals surface area contributed by atoms with E-state index in [0.29, 0.717) is 32.8 Å². The number of nitrogens with one attached hydrogen (secondary N) is 1. The van der Waals surface area contributed by atoms with Gasteiger partial charge in [0.05, 0.1) is 11.6 Å². The summed E-state index contributed by atoms with van der Waals surface area (Å²) in [6.45, 7) is 7.27. The molecule has 8 heteroatoms. The molecule has 0 fully saturated rings. The molecule has 0 bridgehead atoms. The zero-order chi connectivity index (χ0) is 22.8. The van der Waals surface area contributed by atoms with E-state index in [-0.39, 0.29) is 6.04 Å². The molecule has 0 saturated heterocycles. The summed E-state index contributed by atoms with van der Waals surface area (Å²) in [4.78, 5) is 6.83. The summed E-state index contributed by atoms with van der Waals surface area (Å²) in [5.74, 6) is 1.52. The van der Waals surface area contributed by atoms with Crippen molar-refractivity contribution in [2.45, 2.75) is 33.2 Å². The Hall–Kier alpha value is -2.41. The average molecular weight is 487 g/mol. The first-order chi connectivity index (χ1) is 15.3. The van der Waals surface area contributed by atoms with Crippen LogP contribution in [0.3, 0.4) is 0 Å². The van der Waals surface area contributed by atoms with Crippen molar-refractivity contribution >= 4 is 46.1 Å². The van der Waals surface area contributed by atoms with Crippen molar-refractivity contribution in [3.05, 3.63) is 75.7 Å². The van der Waals surface area contributed by atoms with Gasteiger partial charge in [0, 0.05) is 27.9 Å². The maximum atomic E-state index is 6.12. The van der Waals surface area contributed by atoms with Gasteiger partial charge in [0.1, 0.15) is 0 Å². The minimum absolute atomic E-state index is 0.228. The van der Waals surface area contributed by atoms with Gasteiger partial charge in [-0.05, 0) is 73.4 Å². The summed E-state index contributed by atoms with van der Waals surface area (Å²) >= 11 is 17.9. The SMILES string of the molecule is CC1=C(c2nc(-c3ccc(Cl)cc3)no2)C(c2ccc(Cl)cc2)NC(=S)N1CCC(C)C. The molecular formula is C24H24Cl2N4OS. The second-order valence-corrected chi connectivity index (χ2v) is 9.46. The van der Waals surface area contributed by atoms with E-state index in [1.807, 2.05) is 48.5 Å². The lowest BCUT2D eigenvalue weighted by molar-refractivity contribution is 0.390. The smallest absolute Gasteiger partial charge is 0.258 e. The molecule has 1 aliphatic rings. The van der Waals surface area contributed by atoms with Crippen LogP contribution in [0.2, 0.25) is 10.0 Å². The van der Waals surface area contributed by atoms with Gasteiger partial charge in [0.25, 0.3) is 5.89 Å². The third-order valence-corrected chi connectivity index (χ3v) is 6.33. The Bertz CT molecular complexity index is 1140. The van der Waals surface area contributed by atoms with E-state index < -0.39 is 0 Å². The number of rotatable bonds is 6. The first kappa shape index (κ1) is 22.8. The summed E-state index contributed by atoms with van der Waals surface area (Å²) < 4.78 is 5.76. The van der Waals surface area contributed by atoms with E-state index in [1.54, 1.807) is 0 Å². The van der Waals surface area contributed by atoms with Gasteiger partial charge in [0.2, 0.25) is 5.82 Å². The zero-order valence-electron chi connectivity index (χ0n) is 18.1. The van der Waals surface area contributed by atoms with Gasteiger partial charge in [-0.25, -0.2) is 0 Å². The maximum Gasteiger partial charge on any atom is 0.258 e. The lowest BCUT2D eigenvalue weighted by Gasteiger charge is -2.37. The quantitative estimate of drug-likeness (QED) is 0.388. The van der Waals surface area contributed by atoms with Crippen LogP contribution >= 0.6 is 35.4 Å². The van der Waals surface area contributed by atoms with Gasteiger partial charge >= 0.3 is 0 Å². The number of aromatic nitrogens is 2. The van der Waals surface area contributed by atoms with E-state index in [2.05, 4.69) is 36.1 Å². The molecule has 0 aliphatic carbocycles. The number of allylic oxidation sites excluding steroid dienone is 1. The Morgan fingerprint density at radius 3 is 2.31 bits per heavy atom. The van der Waals surface area contributed by atoms with Crippen molar-refractivity contribution < 1.29 is 4.52 Å². The first-order valence-electron chi connectivity index (χ1n) is 10.5. The molecule has 32 heavy (non-hydrogen) atoms. The van der Waals surface area contributed by atoms with E-state index in [4.69, 9.17) is 44.9 Å².